The molecule has 0 saturated carbocycles. The van der Waals surface area contributed by atoms with Gasteiger partial charge in [-0.3, -0.25) is 4.79 Å². The van der Waals surface area contributed by atoms with E-state index in [1.807, 2.05) is 6.07 Å². The Hall–Kier alpha value is -1.73. The Morgan fingerprint density at radius 3 is 2.65 bits per heavy atom. The van der Waals surface area contributed by atoms with Crippen LogP contribution in [0.15, 0.2) is 12.1 Å². The SMILES string of the molecule is COC(=O)Cc1c(CCl)ccc(OC)c1C#N. The van der Waals surface area contributed by atoms with E-state index < -0.39 is 5.97 Å². The lowest BCUT2D eigenvalue weighted by Gasteiger charge is -2.11. The minimum absolute atomic E-state index is 0.0125. The summed E-state index contributed by atoms with van der Waals surface area (Å²) >= 11 is 5.78. The van der Waals surface area contributed by atoms with Crippen LogP contribution in [-0.4, -0.2) is 20.2 Å². The monoisotopic (exact) mass is 253 g/mol. The summed E-state index contributed by atoms with van der Waals surface area (Å²) in [4.78, 5) is 11.3. The van der Waals surface area contributed by atoms with Crippen molar-refractivity contribution < 1.29 is 14.3 Å². The number of esters is 1. The molecule has 0 bridgehead atoms. The molecule has 0 unspecified atom stereocenters. The van der Waals surface area contributed by atoms with Crippen LogP contribution in [0.4, 0.5) is 0 Å². The molecule has 0 heterocycles. The largest absolute Gasteiger partial charge is 0.495 e. The number of benzene rings is 1. The van der Waals surface area contributed by atoms with Gasteiger partial charge in [0.25, 0.3) is 0 Å². The summed E-state index contributed by atoms with van der Waals surface area (Å²) < 4.78 is 9.67. The van der Waals surface area contributed by atoms with Crippen molar-refractivity contribution in [3.05, 3.63) is 28.8 Å². The summed E-state index contributed by atoms with van der Waals surface area (Å²) in [5, 5.41) is 9.11. The molecule has 0 aliphatic carbocycles. The Balaban J connectivity index is 3.31. The topological polar surface area (TPSA) is 59.3 Å². The van der Waals surface area contributed by atoms with Crippen LogP contribution in [0.5, 0.6) is 5.75 Å². The van der Waals surface area contributed by atoms with Crippen molar-refractivity contribution in [1.82, 2.24) is 0 Å². The van der Waals surface area contributed by atoms with Crippen molar-refractivity contribution in [3.8, 4) is 11.8 Å². The molecule has 0 atom stereocenters. The fourth-order valence-corrected chi connectivity index (χ4v) is 1.76. The third-order valence-corrected chi connectivity index (χ3v) is 2.68. The summed E-state index contributed by atoms with van der Waals surface area (Å²) in [6.45, 7) is 0. The van der Waals surface area contributed by atoms with Crippen LogP contribution in [0.2, 0.25) is 0 Å². The molecule has 0 spiro atoms. The first-order chi connectivity index (χ1) is 8.17. The fourth-order valence-electron chi connectivity index (χ4n) is 1.51. The van der Waals surface area contributed by atoms with E-state index in [2.05, 4.69) is 4.74 Å². The van der Waals surface area contributed by atoms with Crippen LogP contribution in [0.25, 0.3) is 0 Å². The molecule has 0 saturated heterocycles. The van der Waals surface area contributed by atoms with Crippen molar-refractivity contribution in [1.29, 1.82) is 5.26 Å². The Morgan fingerprint density at radius 2 is 2.18 bits per heavy atom. The number of alkyl halides is 1. The number of rotatable bonds is 4. The standard InChI is InChI=1S/C12H12ClNO3/c1-16-11-4-3-8(6-13)9(10(11)7-14)5-12(15)17-2/h3-4H,5-6H2,1-2H3. The molecule has 1 rings (SSSR count). The van der Waals surface area contributed by atoms with E-state index in [1.165, 1.54) is 14.2 Å². The van der Waals surface area contributed by atoms with Crippen molar-refractivity contribution in [2.24, 2.45) is 0 Å². The molecule has 0 fully saturated rings. The van der Waals surface area contributed by atoms with Crippen LogP contribution in [-0.2, 0) is 21.8 Å². The van der Waals surface area contributed by atoms with Crippen molar-refractivity contribution in [2.75, 3.05) is 14.2 Å². The molecule has 90 valence electrons. The third-order valence-electron chi connectivity index (χ3n) is 2.40. The maximum Gasteiger partial charge on any atom is 0.310 e. The normalized spacial score (nSPS) is 9.53. The maximum atomic E-state index is 11.3. The van der Waals surface area contributed by atoms with E-state index in [0.717, 1.165) is 5.56 Å². The molecular weight excluding hydrogens is 242 g/mol. The van der Waals surface area contributed by atoms with E-state index in [-0.39, 0.29) is 12.3 Å². The Morgan fingerprint density at radius 1 is 1.47 bits per heavy atom. The fraction of sp³-hybridized carbons (Fsp3) is 0.333. The minimum atomic E-state index is -0.416. The number of methoxy groups -OCH3 is 2. The third kappa shape index (κ3) is 2.89. The second kappa shape index (κ2) is 6.12. The summed E-state index contributed by atoms with van der Waals surface area (Å²) in [7, 11) is 2.77. The molecule has 17 heavy (non-hydrogen) atoms. The Labute approximate surface area is 105 Å². The summed E-state index contributed by atoms with van der Waals surface area (Å²) in [5.41, 5.74) is 1.62. The smallest absolute Gasteiger partial charge is 0.310 e. The predicted octanol–water partition coefficient (Wildman–Crippen LogP) is 2.02. The molecule has 4 nitrogen and oxygen atoms in total. The second-order valence-corrected chi connectivity index (χ2v) is 3.55. The zero-order valence-electron chi connectivity index (χ0n) is 9.62. The van der Waals surface area contributed by atoms with E-state index in [0.29, 0.717) is 16.9 Å². The van der Waals surface area contributed by atoms with E-state index in [1.54, 1.807) is 12.1 Å². The minimum Gasteiger partial charge on any atom is -0.495 e. The summed E-state index contributed by atoms with van der Waals surface area (Å²) in [6.07, 6.45) is 0.0125. The maximum absolute atomic E-state index is 11.3. The average Bonchev–Trinajstić information content (AvgIpc) is 2.37. The first-order valence-corrected chi connectivity index (χ1v) is 5.43. The Bertz CT molecular complexity index is 466. The van der Waals surface area contributed by atoms with E-state index in [9.17, 15) is 4.79 Å². The Kier molecular flexibility index (Phi) is 4.80. The number of nitrogens with zero attached hydrogens (tertiary/aromatic N) is 1. The molecule has 5 heteroatoms. The van der Waals surface area contributed by atoms with Crippen LogP contribution < -0.4 is 4.74 Å². The highest BCUT2D eigenvalue weighted by Gasteiger charge is 2.16. The predicted molar refractivity (Wildman–Crippen MR) is 63.0 cm³/mol. The van der Waals surface area contributed by atoms with Gasteiger partial charge in [0.15, 0.2) is 0 Å². The average molecular weight is 254 g/mol. The van der Waals surface area contributed by atoms with Gasteiger partial charge in [0.1, 0.15) is 11.8 Å². The zero-order chi connectivity index (χ0) is 12.8. The number of halogens is 1. The van der Waals surface area contributed by atoms with Gasteiger partial charge in [0.05, 0.1) is 26.2 Å². The second-order valence-electron chi connectivity index (χ2n) is 3.28. The van der Waals surface area contributed by atoms with Crippen LogP contribution in [0, 0.1) is 11.3 Å². The molecule has 0 N–H and O–H groups in total. The lowest BCUT2D eigenvalue weighted by Crippen LogP contribution is -2.09. The van der Waals surface area contributed by atoms with Gasteiger partial charge in [-0.1, -0.05) is 6.07 Å². The van der Waals surface area contributed by atoms with Gasteiger partial charge < -0.3 is 9.47 Å². The van der Waals surface area contributed by atoms with Gasteiger partial charge in [-0.05, 0) is 17.2 Å². The highest BCUT2D eigenvalue weighted by Crippen LogP contribution is 2.26. The quantitative estimate of drug-likeness (QED) is 0.608. The number of carbonyl (C=O) groups excluding carboxylic acids is 1. The van der Waals surface area contributed by atoms with Gasteiger partial charge in [-0.15, -0.1) is 11.6 Å². The van der Waals surface area contributed by atoms with Crippen molar-refractivity contribution in [2.45, 2.75) is 12.3 Å². The highest BCUT2D eigenvalue weighted by molar-refractivity contribution is 6.17. The van der Waals surface area contributed by atoms with E-state index in [4.69, 9.17) is 21.6 Å². The van der Waals surface area contributed by atoms with Crippen LogP contribution in [0.3, 0.4) is 0 Å². The summed E-state index contributed by atoms with van der Waals surface area (Å²) in [6, 6.07) is 5.43. The summed E-state index contributed by atoms with van der Waals surface area (Å²) in [5.74, 6) is 0.242. The lowest BCUT2D eigenvalue weighted by molar-refractivity contribution is -0.139. The molecule has 0 aliphatic heterocycles. The molecule has 0 amide bonds. The van der Waals surface area contributed by atoms with E-state index >= 15 is 0 Å². The molecule has 0 radical (unpaired) electrons. The number of hydrogen-bond donors (Lipinski definition) is 0. The first kappa shape index (κ1) is 13.3. The molecular formula is C12H12ClNO3. The number of nitriles is 1. The van der Waals surface area contributed by atoms with Crippen LogP contribution in [0.1, 0.15) is 16.7 Å². The van der Waals surface area contributed by atoms with Gasteiger partial charge in [-0.25, -0.2) is 0 Å². The molecule has 1 aromatic carbocycles. The lowest BCUT2D eigenvalue weighted by atomic mass is 9.99. The van der Waals surface area contributed by atoms with Crippen molar-refractivity contribution in [3.63, 3.8) is 0 Å². The van der Waals surface area contributed by atoms with Gasteiger partial charge in [0.2, 0.25) is 0 Å². The van der Waals surface area contributed by atoms with Gasteiger partial charge >= 0.3 is 5.97 Å². The number of carbonyl (C=O) groups is 1. The van der Waals surface area contributed by atoms with Gasteiger partial charge in [0, 0.05) is 5.88 Å². The van der Waals surface area contributed by atoms with Crippen LogP contribution >= 0.6 is 11.6 Å². The zero-order valence-corrected chi connectivity index (χ0v) is 10.4. The first-order valence-electron chi connectivity index (χ1n) is 4.89. The molecule has 0 aliphatic rings. The van der Waals surface area contributed by atoms with Crippen molar-refractivity contribution >= 4 is 17.6 Å². The highest BCUT2D eigenvalue weighted by atomic mass is 35.5. The number of ether oxygens (including phenoxy) is 2. The number of hydrogen-bond acceptors (Lipinski definition) is 4. The molecule has 1 aromatic rings. The van der Waals surface area contributed by atoms with Gasteiger partial charge in [-0.2, -0.15) is 5.26 Å². The molecule has 0 aromatic heterocycles.